The SMILES string of the molecule is [B]N1CCC(C(C)(C)CC(C)C)CC1. The van der Waals surface area contributed by atoms with Crippen LogP contribution in [0.15, 0.2) is 0 Å². The first-order valence-corrected chi connectivity index (χ1v) is 5.91. The monoisotopic (exact) mass is 193 g/mol. The van der Waals surface area contributed by atoms with Gasteiger partial charge in [-0.25, -0.2) is 0 Å². The highest BCUT2D eigenvalue weighted by molar-refractivity contribution is 6.04. The molecule has 0 aliphatic carbocycles. The number of nitrogens with zero attached hydrogens (tertiary/aromatic N) is 1. The third-order valence-corrected chi connectivity index (χ3v) is 3.57. The summed E-state index contributed by atoms with van der Waals surface area (Å²) in [6, 6.07) is 0. The zero-order chi connectivity index (χ0) is 10.8. The van der Waals surface area contributed by atoms with Gasteiger partial charge in [0.25, 0.3) is 0 Å². The van der Waals surface area contributed by atoms with Crippen LogP contribution in [0.1, 0.15) is 47.0 Å². The van der Waals surface area contributed by atoms with Gasteiger partial charge in [-0.15, -0.1) is 0 Å². The molecule has 0 unspecified atom stereocenters. The molecule has 0 aromatic carbocycles. The van der Waals surface area contributed by atoms with Crippen LogP contribution in [0.3, 0.4) is 0 Å². The van der Waals surface area contributed by atoms with Crippen molar-refractivity contribution in [1.29, 1.82) is 0 Å². The molecule has 1 aliphatic rings. The second-order valence-electron chi connectivity index (χ2n) is 5.90. The number of rotatable bonds is 3. The number of hydrogen-bond acceptors (Lipinski definition) is 1. The van der Waals surface area contributed by atoms with Crippen molar-refractivity contribution in [2.75, 3.05) is 13.1 Å². The molecule has 80 valence electrons. The van der Waals surface area contributed by atoms with Crippen molar-refractivity contribution in [3.63, 3.8) is 0 Å². The van der Waals surface area contributed by atoms with Crippen LogP contribution < -0.4 is 0 Å². The molecule has 1 fully saturated rings. The first-order chi connectivity index (χ1) is 6.42. The van der Waals surface area contributed by atoms with E-state index in [1.54, 1.807) is 0 Å². The minimum absolute atomic E-state index is 0.495. The van der Waals surface area contributed by atoms with Gasteiger partial charge in [0.1, 0.15) is 0 Å². The molecule has 0 amide bonds. The molecule has 0 aromatic rings. The Morgan fingerprint density at radius 1 is 1.29 bits per heavy atom. The van der Waals surface area contributed by atoms with Crippen LogP contribution >= 0.6 is 0 Å². The first kappa shape index (κ1) is 12.1. The van der Waals surface area contributed by atoms with Crippen molar-refractivity contribution in [3.8, 4) is 0 Å². The largest absolute Gasteiger partial charge is 0.353 e. The highest BCUT2D eigenvalue weighted by atomic mass is 15.0. The molecule has 2 heteroatoms. The van der Waals surface area contributed by atoms with Crippen molar-refractivity contribution in [1.82, 2.24) is 4.81 Å². The lowest BCUT2D eigenvalue weighted by Crippen LogP contribution is -2.38. The van der Waals surface area contributed by atoms with Gasteiger partial charge in [0.05, 0.1) is 0 Å². The zero-order valence-corrected chi connectivity index (χ0v) is 10.2. The molecule has 14 heavy (non-hydrogen) atoms. The fourth-order valence-corrected chi connectivity index (χ4v) is 2.90. The van der Waals surface area contributed by atoms with Crippen LogP contribution in [-0.4, -0.2) is 25.9 Å². The Labute approximate surface area is 90.7 Å². The van der Waals surface area contributed by atoms with E-state index in [2.05, 4.69) is 27.7 Å². The Morgan fingerprint density at radius 2 is 1.79 bits per heavy atom. The van der Waals surface area contributed by atoms with Gasteiger partial charge in [-0.05, 0) is 49.6 Å². The summed E-state index contributed by atoms with van der Waals surface area (Å²) in [4.78, 5) is 1.96. The second-order valence-corrected chi connectivity index (χ2v) is 5.90. The second kappa shape index (κ2) is 4.70. The molecule has 1 heterocycles. The molecule has 0 saturated carbocycles. The normalized spacial score (nSPS) is 21.8. The molecule has 0 bridgehead atoms. The van der Waals surface area contributed by atoms with Crippen LogP contribution in [0.4, 0.5) is 0 Å². The highest BCUT2D eigenvalue weighted by Crippen LogP contribution is 2.39. The van der Waals surface area contributed by atoms with Gasteiger partial charge in [0.15, 0.2) is 7.98 Å². The quantitative estimate of drug-likeness (QED) is 0.623. The van der Waals surface area contributed by atoms with Crippen molar-refractivity contribution in [2.24, 2.45) is 17.3 Å². The first-order valence-electron chi connectivity index (χ1n) is 5.91. The lowest BCUT2D eigenvalue weighted by atomic mass is 9.69. The molecule has 0 atom stereocenters. The molecule has 1 aliphatic heterocycles. The molecule has 2 radical (unpaired) electrons. The van der Waals surface area contributed by atoms with E-state index in [0.717, 1.165) is 24.9 Å². The average molecular weight is 193 g/mol. The van der Waals surface area contributed by atoms with Gasteiger partial charge in [0, 0.05) is 0 Å². The minimum Gasteiger partial charge on any atom is -0.353 e. The summed E-state index contributed by atoms with van der Waals surface area (Å²) < 4.78 is 0. The molecule has 1 saturated heterocycles. The van der Waals surface area contributed by atoms with Crippen molar-refractivity contribution in [2.45, 2.75) is 47.0 Å². The van der Waals surface area contributed by atoms with E-state index in [1.807, 2.05) is 4.81 Å². The maximum atomic E-state index is 5.77. The summed E-state index contributed by atoms with van der Waals surface area (Å²) >= 11 is 0. The van der Waals surface area contributed by atoms with E-state index < -0.39 is 0 Å². The third-order valence-electron chi connectivity index (χ3n) is 3.57. The van der Waals surface area contributed by atoms with Gasteiger partial charge in [-0.2, -0.15) is 0 Å². The van der Waals surface area contributed by atoms with Crippen molar-refractivity contribution in [3.05, 3.63) is 0 Å². The molecule has 0 spiro atoms. The van der Waals surface area contributed by atoms with E-state index in [-0.39, 0.29) is 0 Å². The predicted molar refractivity (Wildman–Crippen MR) is 63.3 cm³/mol. The minimum atomic E-state index is 0.495. The highest BCUT2D eigenvalue weighted by Gasteiger charge is 2.31. The molecule has 0 aromatic heterocycles. The van der Waals surface area contributed by atoms with Crippen LogP contribution in [0, 0.1) is 17.3 Å². The van der Waals surface area contributed by atoms with E-state index >= 15 is 0 Å². The van der Waals surface area contributed by atoms with Crippen LogP contribution in [0.5, 0.6) is 0 Å². The average Bonchev–Trinajstić information content (AvgIpc) is 2.02. The fraction of sp³-hybridized carbons (Fsp3) is 1.00. The summed E-state index contributed by atoms with van der Waals surface area (Å²) in [7, 11) is 5.77. The molecular formula is C12H24BN. The van der Waals surface area contributed by atoms with E-state index in [1.165, 1.54) is 19.3 Å². The van der Waals surface area contributed by atoms with Gasteiger partial charge >= 0.3 is 0 Å². The third kappa shape index (κ3) is 3.31. The smallest absolute Gasteiger partial charge is 0.182 e. The lowest BCUT2D eigenvalue weighted by Gasteiger charge is -2.41. The fourth-order valence-electron chi connectivity index (χ4n) is 2.90. The van der Waals surface area contributed by atoms with E-state index in [0.29, 0.717) is 5.41 Å². The Balaban J connectivity index is 2.46. The summed E-state index contributed by atoms with van der Waals surface area (Å²) in [6.07, 6.45) is 3.88. The van der Waals surface area contributed by atoms with Gasteiger partial charge in [-0.1, -0.05) is 27.7 Å². The Bertz CT molecular complexity index is 169. The van der Waals surface area contributed by atoms with Crippen LogP contribution in [-0.2, 0) is 0 Å². The maximum absolute atomic E-state index is 5.77. The number of piperidine rings is 1. The summed E-state index contributed by atoms with van der Waals surface area (Å²) in [6.45, 7) is 11.6. The van der Waals surface area contributed by atoms with E-state index in [9.17, 15) is 0 Å². The van der Waals surface area contributed by atoms with Gasteiger partial charge in [-0.3, -0.25) is 0 Å². The molecule has 0 N–H and O–H groups in total. The molecule has 1 nitrogen and oxygen atoms in total. The topological polar surface area (TPSA) is 3.24 Å². The molecular weight excluding hydrogens is 169 g/mol. The lowest BCUT2D eigenvalue weighted by molar-refractivity contribution is 0.114. The Kier molecular flexibility index (Phi) is 4.06. The molecule has 1 rings (SSSR count). The summed E-state index contributed by atoms with van der Waals surface area (Å²) in [5.41, 5.74) is 0.495. The van der Waals surface area contributed by atoms with Crippen LogP contribution in [0.25, 0.3) is 0 Å². The van der Waals surface area contributed by atoms with Gasteiger partial charge < -0.3 is 4.81 Å². The maximum Gasteiger partial charge on any atom is 0.182 e. The summed E-state index contributed by atoms with van der Waals surface area (Å²) in [5.74, 6) is 1.67. The van der Waals surface area contributed by atoms with Gasteiger partial charge in [0.2, 0.25) is 0 Å². The van der Waals surface area contributed by atoms with Crippen LogP contribution in [0.2, 0.25) is 0 Å². The Hall–Kier alpha value is 0.0249. The standard InChI is InChI=1S/C12H24BN/c1-10(2)9-12(3,4)11-5-7-14(13)8-6-11/h10-11H,5-9H2,1-4H3. The number of hydrogen-bond donors (Lipinski definition) is 0. The van der Waals surface area contributed by atoms with E-state index in [4.69, 9.17) is 7.98 Å². The van der Waals surface area contributed by atoms with Crippen molar-refractivity contribution < 1.29 is 0 Å². The predicted octanol–water partition coefficient (Wildman–Crippen LogP) is 2.85. The zero-order valence-electron chi connectivity index (χ0n) is 10.2. The van der Waals surface area contributed by atoms with Crippen molar-refractivity contribution >= 4 is 7.98 Å². The summed E-state index contributed by atoms with van der Waals surface area (Å²) in [5, 5.41) is 0. The Morgan fingerprint density at radius 3 is 2.21 bits per heavy atom.